The van der Waals surface area contributed by atoms with Gasteiger partial charge in [-0.05, 0) is 42.8 Å². The molecule has 0 saturated heterocycles. The Morgan fingerprint density at radius 3 is 2.47 bits per heavy atom. The summed E-state index contributed by atoms with van der Waals surface area (Å²) >= 11 is 0. The number of para-hydroxylation sites is 1. The van der Waals surface area contributed by atoms with Gasteiger partial charge >= 0.3 is 0 Å². The van der Waals surface area contributed by atoms with Crippen LogP contribution >= 0.6 is 0 Å². The number of sulfonamides is 1. The predicted octanol–water partition coefficient (Wildman–Crippen LogP) is 2.52. The fraction of sp³-hybridized carbons (Fsp3) is 0.0769. The number of aryl methyl sites for hydroxylation is 1. The number of halogens is 1. The summed E-state index contributed by atoms with van der Waals surface area (Å²) in [5.74, 6) is -0.417. The van der Waals surface area contributed by atoms with Gasteiger partial charge in [-0.1, -0.05) is 12.1 Å². The van der Waals surface area contributed by atoms with E-state index in [1.54, 1.807) is 19.1 Å². The van der Waals surface area contributed by atoms with Gasteiger partial charge in [0.05, 0.1) is 11.4 Å². The molecule has 0 aliphatic heterocycles. The Hall–Kier alpha value is -2.08. The molecule has 0 aliphatic carbocycles. The number of nitrogens with one attached hydrogen (secondary N) is 1. The highest BCUT2D eigenvalue weighted by molar-refractivity contribution is 7.92. The Balaban J connectivity index is 2.40. The molecule has 100 valence electrons. The zero-order valence-electron chi connectivity index (χ0n) is 10.2. The molecule has 0 heterocycles. The minimum absolute atomic E-state index is 0.00118. The van der Waals surface area contributed by atoms with Gasteiger partial charge in [0, 0.05) is 0 Å². The standard InChI is InChI=1S/C13H13FN2O2S/c1-9-8-10(14)6-7-12(9)16-19(17,18)13-5-3-2-4-11(13)15/h2-8,16H,15H2,1H3. The molecule has 0 unspecified atom stereocenters. The van der Waals surface area contributed by atoms with Crippen LogP contribution in [0, 0.1) is 12.7 Å². The Bertz CT molecular complexity index is 714. The van der Waals surface area contributed by atoms with E-state index in [1.165, 1.54) is 30.3 Å². The lowest BCUT2D eigenvalue weighted by atomic mass is 10.2. The summed E-state index contributed by atoms with van der Waals surface area (Å²) < 4.78 is 39.7. The number of hydrogen-bond donors (Lipinski definition) is 2. The molecule has 0 aliphatic rings. The highest BCUT2D eigenvalue weighted by Crippen LogP contribution is 2.23. The van der Waals surface area contributed by atoms with Crippen molar-refractivity contribution < 1.29 is 12.8 Å². The normalized spacial score (nSPS) is 11.3. The highest BCUT2D eigenvalue weighted by atomic mass is 32.2. The van der Waals surface area contributed by atoms with E-state index in [2.05, 4.69) is 4.72 Å². The van der Waals surface area contributed by atoms with Crippen molar-refractivity contribution in [2.75, 3.05) is 10.5 Å². The van der Waals surface area contributed by atoms with E-state index in [1.807, 2.05) is 0 Å². The third-order valence-corrected chi connectivity index (χ3v) is 4.08. The molecule has 0 fully saturated rings. The smallest absolute Gasteiger partial charge is 0.263 e. The summed E-state index contributed by atoms with van der Waals surface area (Å²) in [5.41, 5.74) is 6.63. The molecule has 0 bridgehead atoms. The average molecular weight is 280 g/mol. The van der Waals surface area contributed by atoms with Crippen molar-refractivity contribution in [1.29, 1.82) is 0 Å². The SMILES string of the molecule is Cc1cc(F)ccc1NS(=O)(=O)c1ccccc1N. The molecule has 6 heteroatoms. The molecule has 2 rings (SSSR count). The first kappa shape index (κ1) is 13.4. The first-order chi connectivity index (χ1) is 8.90. The fourth-order valence-electron chi connectivity index (χ4n) is 1.67. The third kappa shape index (κ3) is 2.85. The van der Waals surface area contributed by atoms with Crippen molar-refractivity contribution in [3.8, 4) is 0 Å². The van der Waals surface area contributed by atoms with Crippen LogP contribution in [0.5, 0.6) is 0 Å². The van der Waals surface area contributed by atoms with Gasteiger partial charge < -0.3 is 5.73 Å². The summed E-state index contributed by atoms with van der Waals surface area (Å²) in [6.45, 7) is 1.62. The molecule has 0 atom stereocenters. The van der Waals surface area contributed by atoms with Crippen LogP contribution in [0.3, 0.4) is 0 Å². The number of nitrogens with two attached hydrogens (primary N) is 1. The molecular weight excluding hydrogens is 267 g/mol. The second-order valence-electron chi connectivity index (χ2n) is 4.10. The van der Waals surface area contributed by atoms with Crippen molar-refractivity contribution in [3.05, 3.63) is 53.8 Å². The van der Waals surface area contributed by atoms with Gasteiger partial charge in [-0.15, -0.1) is 0 Å². The maximum atomic E-state index is 13.0. The largest absolute Gasteiger partial charge is 0.398 e. The lowest BCUT2D eigenvalue weighted by Gasteiger charge is -2.11. The maximum Gasteiger partial charge on any atom is 0.263 e. The van der Waals surface area contributed by atoms with Crippen LogP contribution in [0.2, 0.25) is 0 Å². The predicted molar refractivity (Wildman–Crippen MR) is 72.8 cm³/mol. The van der Waals surface area contributed by atoms with Crippen molar-refractivity contribution in [3.63, 3.8) is 0 Å². The Labute approximate surface area is 111 Å². The van der Waals surface area contributed by atoms with Crippen LogP contribution in [-0.2, 0) is 10.0 Å². The molecule has 0 radical (unpaired) electrons. The van der Waals surface area contributed by atoms with Gasteiger partial charge in [-0.25, -0.2) is 12.8 Å². The molecular formula is C13H13FN2O2S. The van der Waals surface area contributed by atoms with Crippen molar-refractivity contribution in [1.82, 2.24) is 0 Å². The molecule has 2 aromatic carbocycles. The number of hydrogen-bond acceptors (Lipinski definition) is 3. The number of anilines is 2. The summed E-state index contributed by atoms with van der Waals surface area (Å²) in [6, 6.07) is 9.98. The van der Waals surface area contributed by atoms with Crippen LogP contribution in [0.25, 0.3) is 0 Å². The molecule has 0 saturated carbocycles. The van der Waals surface area contributed by atoms with E-state index < -0.39 is 15.8 Å². The Kier molecular flexibility index (Phi) is 3.44. The molecule has 2 aromatic rings. The Morgan fingerprint density at radius 1 is 1.16 bits per heavy atom. The second-order valence-corrected chi connectivity index (χ2v) is 5.75. The summed E-state index contributed by atoms with van der Waals surface area (Å²) in [4.78, 5) is -0.00118. The van der Waals surface area contributed by atoms with Crippen LogP contribution in [0.15, 0.2) is 47.4 Å². The molecule has 19 heavy (non-hydrogen) atoms. The van der Waals surface area contributed by atoms with Gasteiger partial charge in [-0.2, -0.15) is 0 Å². The summed E-state index contributed by atoms with van der Waals surface area (Å²) in [5, 5.41) is 0. The number of nitrogen functional groups attached to an aromatic ring is 1. The lowest BCUT2D eigenvalue weighted by molar-refractivity contribution is 0.601. The first-order valence-corrected chi connectivity index (χ1v) is 7.02. The third-order valence-electron chi connectivity index (χ3n) is 2.64. The van der Waals surface area contributed by atoms with Crippen molar-refractivity contribution in [2.45, 2.75) is 11.8 Å². The van der Waals surface area contributed by atoms with Gasteiger partial charge in [0.25, 0.3) is 10.0 Å². The zero-order valence-corrected chi connectivity index (χ0v) is 11.0. The summed E-state index contributed by atoms with van der Waals surface area (Å²) in [7, 11) is -3.78. The first-order valence-electron chi connectivity index (χ1n) is 5.53. The van der Waals surface area contributed by atoms with Crippen LogP contribution in [-0.4, -0.2) is 8.42 Å². The monoisotopic (exact) mass is 280 g/mol. The van der Waals surface area contributed by atoms with Crippen LogP contribution < -0.4 is 10.5 Å². The average Bonchev–Trinajstić information content (AvgIpc) is 2.33. The van der Waals surface area contributed by atoms with E-state index in [9.17, 15) is 12.8 Å². The van der Waals surface area contributed by atoms with Gasteiger partial charge in [0.15, 0.2) is 0 Å². The summed E-state index contributed by atoms with van der Waals surface area (Å²) in [6.07, 6.45) is 0. The quantitative estimate of drug-likeness (QED) is 0.848. The van der Waals surface area contributed by atoms with Crippen LogP contribution in [0.4, 0.5) is 15.8 Å². The second kappa shape index (κ2) is 4.89. The van der Waals surface area contributed by atoms with E-state index in [0.29, 0.717) is 11.3 Å². The van der Waals surface area contributed by atoms with E-state index in [0.717, 1.165) is 0 Å². The number of rotatable bonds is 3. The molecule has 0 aromatic heterocycles. The van der Waals surface area contributed by atoms with Crippen LogP contribution in [0.1, 0.15) is 5.56 Å². The Morgan fingerprint density at radius 2 is 1.84 bits per heavy atom. The minimum Gasteiger partial charge on any atom is -0.398 e. The lowest BCUT2D eigenvalue weighted by Crippen LogP contribution is -2.15. The molecule has 0 spiro atoms. The molecule has 4 nitrogen and oxygen atoms in total. The van der Waals surface area contributed by atoms with E-state index in [-0.39, 0.29) is 10.6 Å². The molecule has 0 amide bonds. The van der Waals surface area contributed by atoms with Gasteiger partial charge in [-0.3, -0.25) is 4.72 Å². The van der Waals surface area contributed by atoms with Gasteiger partial charge in [0.1, 0.15) is 10.7 Å². The number of benzene rings is 2. The van der Waals surface area contributed by atoms with Gasteiger partial charge in [0.2, 0.25) is 0 Å². The topological polar surface area (TPSA) is 72.2 Å². The van der Waals surface area contributed by atoms with Crippen molar-refractivity contribution in [2.24, 2.45) is 0 Å². The minimum atomic E-state index is -3.78. The fourth-order valence-corrected chi connectivity index (χ4v) is 2.93. The van der Waals surface area contributed by atoms with Crippen molar-refractivity contribution >= 4 is 21.4 Å². The highest BCUT2D eigenvalue weighted by Gasteiger charge is 2.17. The zero-order chi connectivity index (χ0) is 14.0. The van der Waals surface area contributed by atoms with E-state index >= 15 is 0 Å². The molecule has 3 N–H and O–H groups in total. The maximum absolute atomic E-state index is 13.0. The van der Waals surface area contributed by atoms with E-state index in [4.69, 9.17) is 5.73 Å².